The highest BCUT2D eigenvalue weighted by molar-refractivity contribution is 7.89. The zero-order valence-electron chi connectivity index (χ0n) is 20.5. The lowest BCUT2D eigenvalue weighted by molar-refractivity contribution is -0.122. The van der Waals surface area contributed by atoms with E-state index in [-0.39, 0.29) is 17.9 Å². The maximum absolute atomic E-state index is 13.4. The van der Waals surface area contributed by atoms with Gasteiger partial charge >= 0.3 is 5.69 Å². The molecule has 0 spiro atoms. The number of amides is 1. The fourth-order valence-electron chi connectivity index (χ4n) is 4.12. The second-order valence-corrected chi connectivity index (χ2v) is 10.3. The Morgan fingerprint density at radius 3 is 2.14 bits per heavy atom. The van der Waals surface area contributed by atoms with E-state index in [4.69, 9.17) is 0 Å². The average Bonchev–Trinajstić information content (AvgIpc) is 2.78. The smallest absolute Gasteiger partial charge is 0.330 e. The van der Waals surface area contributed by atoms with E-state index < -0.39 is 33.2 Å². The van der Waals surface area contributed by atoms with Gasteiger partial charge in [0.15, 0.2) is 0 Å². The molecule has 10 heteroatoms. The number of carbonyl (C=O) groups is 1. The van der Waals surface area contributed by atoms with E-state index in [0.29, 0.717) is 16.8 Å². The molecule has 3 rings (SSSR count). The molecule has 35 heavy (non-hydrogen) atoms. The second-order valence-electron chi connectivity index (χ2n) is 8.68. The normalized spacial score (nSPS) is 12.4. The van der Waals surface area contributed by atoms with Crippen LogP contribution in [0.2, 0.25) is 0 Å². The molecule has 2 aromatic carbocycles. The topological polar surface area (TPSA) is 119 Å². The Morgan fingerprint density at radius 1 is 0.943 bits per heavy atom. The van der Waals surface area contributed by atoms with Crippen LogP contribution in [0.1, 0.15) is 27.9 Å². The second kappa shape index (κ2) is 10.4. The van der Waals surface area contributed by atoms with Crippen molar-refractivity contribution in [3.8, 4) is 0 Å². The Kier molecular flexibility index (Phi) is 7.76. The zero-order valence-corrected chi connectivity index (χ0v) is 21.3. The molecule has 0 aliphatic heterocycles. The van der Waals surface area contributed by atoms with Gasteiger partial charge in [-0.05, 0) is 43.9 Å². The first-order valence-corrected chi connectivity index (χ1v) is 12.6. The van der Waals surface area contributed by atoms with Gasteiger partial charge in [-0.2, -0.15) is 4.72 Å². The standard InChI is InChI=1S/C25H30N4O5S/c1-16-11-17(2)23(18(3)12-16)35(33,34)27-21(13-19-9-7-6-8-10-19)24(31)26-15-20-14-22(30)29(5)25(32)28(20)4/h6-12,14,21,27H,13,15H2,1-5H3,(H,26,31). The van der Waals surface area contributed by atoms with Crippen molar-refractivity contribution in [2.45, 2.75) is 44.7 Å². The predicted octanol–water partition coefficient (Wildman–Crippen LogP) is 1.22. The molecule has 1 heterocycles. The number of benzene rings is 2. The van der Waals surface area contributed by atoms with Crippen LogP contribution in [0, 0.1) is 20.8 Å². The number of carbonyl (C=O) groups excluding carboxylic acids is 1. The molecule has 1 aromatic heterocycles. The summed E-state index contributed by atoms with van der Waals surface area (Å²) in [5, 5.41) is 2.67. The summed E-state index contributed by atoms with van der Waals surface area (Å²) in [6, 6.07) is 12.8. The van der Waals surface area contributed by atoms with Crippen LogP contribution in [0.5, 0.6) is 0 Å². The molecule has 9 nitrogen and oxygen atoms in total. The Morgan fingerprint density at radius 2 is 1.54 bits per heavy atom. The minimum atomic E-state index is -4.03. The molecule has 0 bridgehead atoms. The Labute approximate surface area is 204 Å². The van der Waals surface area contributed by atoms with Crippen LogP contribution in [0.4, 0.5) is 0 Å². The van der Waals surface area contributed by atoms with E-state index in [0.717, 1.165) is 15.7 Å². The largest absolute Gasteiger partial charge is 0.349 e. The van der Waals surface area contributed by atoms with Crippen LogP contribution < -0.4 is 21.3 Å². The molecule has 0 radical (unpaired) electrons. The minimum absolute atomic E-state index is 0.115. The van der Waals surface area contributed by atoms with Gasteiger partial charge < -0.3 is 5.32 Å². The van der Waals surface area contributed by atoms with Gasteiger partial charge in [0, 0.05) is 25.9 Å². The summed E-state index contributed by atoms with van der Waals surface area (Å²) in [5.41, 5.74) is 2.18. The highest BCUT2D eigenvalue weighted by atomic mass is 32.2. The van der Waals surface area contributed by atoms with Gasteiger partial charge in [0.2, 0.25) is 15.9 Å². The highest BCUT2D eigenvalue weighted by Gasteiger charge is 2.28. The van der Waals surface area contributed by atoms with Crippen LogP contribution in [-0.2, 0) is 41.9 Å². The van der Waals surface area contributed by atoms with Gasteiger partial charge in [-0.25, -0.2) is 13.2 Å². The Bertz CT molecular complexity index is 1450. The van der Waals surface area contributed by atoms with Crippen molar-refractivity contribution in [3.05, 3.63) is 97.3 Å². The lowest BCUT2D eigenvalue weighted by Crippen LogP contribution is -2.48. The third-order valence-corrected chi connectivity index (χ3v) is 7.62. The number of rotatable bonds is 8. The molecule has 1 amide bonds. The average molecular weight is 499 g/mol. The van der Waals surface area contributed by atoms with Crippen molar-refractivity contribution in [3.63, 3.8) is 0 Å². The first-order chi connectivity index (χ1) is 16.4. The summed E-state index contributed by atoms with van der Waals surface area (Å²) < 4.78 is 31.5. The van der Waals surface area contributed by atoms with Crippen molar-refractivity contribution >= 4 is 15.9 Å². The van der Waals surface area contributed by atoms with Crippen LogP contribution >= 0.6 is 0 Å². The molecular weight excluding hydrogens is 468 g/mol. The number of aromatic nitrogens is 2. The van der Waals surface area contributed by atoms with E-state index in [1.54, 1.807) is 26.0 Å². The van der Waals surface area contributed by atoms with Crippen LogP contribution in [0.3, 0.4) is 0 Å². The molecule has 0 saturated carbocycles. The molecule has 0 aliphatic rings. The fourth-order valence-corrected chi connectivity index (χ4v) is 5.77. The fraction of sp³-hybridized carbons (Fsp3) is 0.320. The zero-order chi connectivity index (χ0) is 25.9. The summed E-state index contributed by atoms with van der Waals surface area (Å²) in [4.78, 5) is 37.5. The molecule has 0 aliphatic carbocycles. The van der Waals surface area contributed by atoms with Gasteiger partial charge in [-0.1, -0.05) is 48.0 Å². The number of aryl methyl sites for hydroxylation is 3. The predicted molar refractivity (Wildman–Crippen MR) is 134 cm³/mol. The van der Waals surface area contributed by atoms with E-state index >= 15 is 0 Å². The molecule has 1 unspecified atom stereocenters. The molecule has 0 fully saturated rings. The third-order valence-electron chi connectivity index (χ3n) is 5.84. The Balaban J connectivity index is 1.91. The molecule has 1 atom stereocenters. The van der Waals surface area contributed by atoms with E-state index in [9.17, 15) is 22.8 Å². The first kappa shape index (κ1) is 26.1. The van der Waals surface area contributed by atoms with Gasteiger partial charge in [0.1, 0.15) is 6.04 Å². The quantitative estimate of drug-likeness (QED) is 0.484. The molecule has 2 N–H and O–H groups in total. The molecule has 186 valence electrons. The van der Waals surface area contributed by atoms with E-state index in [1.165, 1.54) is 24.7 Å². The summed E-state index contributed by atoms with van der Waals surface area (Å²) in [5.74, 6) is -0.576. The van der Waals surface area contributed by atoms with Gasteiger partial charge in [-0.3, -0.25) is 18.7 Å². The van der Waals surface area contributed by atoms with Crippen molar-refractivity contribution < 1.29 is 13.2 Å². The van der Waals surface area contributed by atoms with Gasteiger partial charge in [0.25, 0.3) is 5.56 Å². The van der Waals surface area contributed by atoms with Crippen molar-refractivity contribution in [1.29, 1.82) is 0 Å². The molecular formula is C25H30N4O5S. The van der Waals surface area contributed by atoms with E-state index in [1.807, 2.05) is 37.3 Å². The van der Waals surface area contributed by atoms with Crippen LogP contribution in [0.25, 0.3) is 0 Å². The van der Waals surface area contributed by atoms with Gasteiger partial charge in [-0.15, -0.1) is 0 Å². The summed E-state index contributed by atoms with van der Waals surface area (Å²) in [6.07, 6.45) is 0.116. The van der Waals surface area contributed by atoms with Crippen LogP contribution in [-0.4, -0.2) is 29.5 Å². The van der Waals surface area contributed by atoms with Crippen LogP contribution in [0.15, 0.2) is 63.0 Å². The lowest BCUT2D eigenvalue weighted by atomic mass is 10.1. The maximum atomic E-state index is 13.4. The summed E-state index contributed by atoms with van der Waals surface area (Å²) in [6.45, 7) is 5.21. The van der Waals surface area contributed by atoms with E-state index in [2.05, 4.69) is 10.0 Å². The van der Waals surface area contributed by atoms with Crippen molar-refractivity contribution in [2.24, 2.45) is 14.1 Å². The number of sulfonamides is 1. The third kappa shape index (κ3) is 5.95. The number of nitrogens with one attached hydrogen (secondary N) is 2. The SMILES string of the molecule is Cc1cc(C)c(S(=O)(=O)NC(Cc2ccccc2)C(=O)NCc2cc(=O)n(C)c(=O)n2C)c(C)c1. The molecule has 3 aromatic rings. The highest BCUT2D eigenvalue weighted by Crippen LogP contribution is 2.22. The summed E-state index contributed by atoms with van der Waals surface area (Å²) >= 11 is 0. The summed E-state index contributed by atoms with van der Waals surface area (Å²) in [7, 11) is -1.17. The maximum Gasteiger partial charge on any atom is 0.330 e. The minimum Gasteiger partial charge on any atom is -0.349 e. The Hall–Kier alpha value is -3.50. The number of hydrogen-bond acceptors (Lipinski definition) is 5. The van der Waals surface area contributed by atoms with Crippen molar-refractivity contribution in [2.75, 3.05) is 0 Å². The number of hydrogen-bond donors (Lipinski definition) is 2. The number of nitrogens with zero attached hydrogens (tertiary/aromatic N) is 2. The van der Waals surface area contributed by atoms with Crippen molar-refractivity contribution in [1.82, 2.24) is 19.2 Å². The monoisotopic (exact) mass is 498 g/mol. The molecule has 0 saturated heterocycles. The first-order valence-electron chi connectivity index (χ1n) is 11.1. The van der Waals surface area contributed by atoms with Gasteiger partial charge in [0.05, 0.1) is 11.4 Å². The lowest BCUT2D eigenvalue weighted by Gasteiger charge is -2.21.